The quantitative estimate of drug-likeness (QED) is 0.864. The molecule has 0 saturated carbocycles. The van der Waals surface area contributed by atoms with E-state index in [1.807, 2.05) is 12.4 Å². The molecular weight excluding hydrogens is 358 g/mol. The van der Waals surface area contributed by atoms with Gasteiger partial charge < -0.3 is 10.2 Å². The van der Waals surface area contributed by atoms with Gasteiger partial charge in [0.1, 0.15) is 0 Å². The fourth-order valence-electron chi connectivity index (χ4n) is 5.51. The molecule has 1 N–H and O–H groups in total. The minimum atomic E-state index is 0.443. The van der Waals surface area contributed by atoms with Gasteiger partial charge in [-0.3, -0.25) is 14.9 Å². The van der Waals surface area contributed by atoms with Crippen molar-refractivity contribution in [1.29, 1.82) is 0 Å². The van der Waals surface area contributed by atoms with Gasteiger partial charge in [0, 0.05) is 50.3 Å². The Morgan fingerprint density at radius 1 is 1.10 bits per heavy atom. The van der Waals surface area contributed by atoms with Crippen molar-refractivity contribution in [3.63, 3.8) is 0 Å². The van der Waals surface area contributed by atoms with E-state index in [-0.39, 0.29) is 0 Å². The summed E-state index contributed by atoms with van der Waals surface area (Å²) in [5.41, 5.74) is 6.90. The zero-order chi connectivity index (χ0) is 19.6. The highest BCUT2D eigenvalue weighted by Crippen LogP contribution is 2.33. The van der Waals surface area contributed by atoms with Crippen LogP contribution in [0.15, 0.2) is 30.6 Å². The van der Waals surface area contributed by atoms with Crippen LogP contribution in [0.1, 0.15) is 60.7 Å². The monoisotopic (exact) mass is 391 g/mol. The van der Waals surface area contributed by atoms with Gasteiger partial charge in [-0.15, -0.1) is 0 Å². The van der Waals surface area contributed by atoms with E-state index in [0.717, 1.165) is 19.5 Å². The number of piperidine rings is 1. The number of rotatable bonds is 4. The molecule has 0 unspecified atom stereocenters. The predicted octanol–water partition coefficient (Wildman–Crippen LogP) is 3.49. The number of hydrogen-bond donors (Lipinski definition) is 1. The van der Waals surface area contributed by atoms with Crippen LogP contribution in [0.3, 0.4) is 0 Å². The standard InChI is InChI=1S/C24H33N5/c1-28(23-9-5-7-18-8-6-11-26-24(18)23)17-19-15-20-21(16-27-19)25-12-10-22(20)29-13-3-2-4-14-29/h6,8,10-12,19,23,27H,2-5,7,9,13-17H2,1H3/t19-,23-/m0/s1. The third-order valence-corrected chi connectivity index (χ3v) is 7.03. The number of nitrogens with zero attached hydrogens (tertiary/aromatic N) is 4. The predicted molar refractivity (Wildman–Crippen MR) is 117 cm³/mol. The maximum absolute atomic E-state index is 4.75. The van der Waals surface area contributed by atoms with Gasteiger partial charge in [0.15, 0.2) is 0 Å². The molecule has 0 spiro atoms. The summed E-state index contributed by atoms with van der Waals surface area (Å²) in [6.07, 6.45) is 12.7. The smallest absolute Gasteiger partial charge is 0.0607 e. The number of pyridine rings is 2. The van der Waals surface area contributed by atoms with Crippen molar-refractivity contribution in [1.82, 2.24) is 20.2 Å². The van der Waals surface area contributed by atoms with Crippen LogP contribution in [0.4, 0.5) is 5.69 Å². The number of nitrogens with one attached hydrogen (secondary N) is 1. The fourth-order valence-corrected chi connectivity index (χ4v) is 5.51. The highest BCUT2D eigenvalue weighted by Gasteiger charge is 2.29. The van der Waals surface area contributed by atoms with Crippen LogP contribution in [-0.2, 0) is 19.4 Å². The third-order valence-electron chi connectivity index (χ3n) is 7.03. The van der Waals surface area contributed by atoms with Crippen LogP contribution in [-0.4, -0.2) is 47.6 Å². The van der Waals surface area contributed by atoms with E-state index < -0.39 is 0 Å². The van der Waals surface area contributed by atoms with Gasteiger partial charge in [0.25, 0.3) is 0 Å². The van der Waals surface area contributed by atoms with E-state index >= 15 is 0 Å². The molecule has 4 heterocycles. The first-order valence-electron chi connectivity index (χ1n) is 11.4. The molecule has 0 aromatic carbocycles. The van der Waals surface area contributed by atoms with Crippen molar-refractivity contribution in [3.05, 3.63) is 53.1 Å². The van der Waals surface area contributed by atoms with Gasteiger partial charge >= 0.3 is 0 Å². The van der Waals surface area contributed by atoms with Crippen molar-refractivity contribution in [2.24, 2.45) is 0 Å². The minimum absolute atomic E-state index is 0.443. The molecule has 2 aromatic rings. The molecule has 29 heavy (non-hydrogen) atoms. The summed E-state index contributed by atoms with van der Waals surface area (Å²) < 4.78 is 0. The van der Waals surface area contributed by atoms with Gasteiger partial charge in [0.05, 0.1) is 17.4 Å². The molecule has 0 bridgehead atoms. The highest BCUT2D eigenvalue weighted by atomic mass is 15.2. The summed E-state index contributed by atoms with van der Waals surface area (Å²) in [4.78, 5) is 14.6. The molecule has 5 nitrogen and oxygen atoms in total. The first-order valence-corrected chi connectivity index (χ1v) is 11.4. The number of fused-ring (bicyclic) bond motifs is 2. The van der Waals surface area contributed by atoms with Crippen LogP contribution in [0.25, 0.3) is 0 Å². The van der Waals surface area contributed by atoms with Crippen LogP contribution in [0.5, 0.6) is 0 Å². The molecule has 1 fully saturated rings. The molecule has 154 valence electrons. The molecule has 1 aliphatic carbocycles. The highest BCUT2D eigenvalue weighted by molar-refractivity contribution is 5.56. The largest absolute Gasteiger partial charge is 0.371 e. The zero-order valence-electron chi connectivity index (χ0n) is 17.6. The van der Waals surface area contributed by atoms with Crippen LogP contribution in [0, 0.1) is 0 Å². The van der Waals surface area contributed by atoms with E-state index in [4.69, 9.17) is 9.97 Å². The lowest BCUT2D eigenvalue weighted by Gasteiger charge is -2.37. The first-order chi connectivity index (χ1) is 14.3. The van der Waals surface area contributed by atoms with Crippen LogP contribution >= 0.6 is 0 Å². The summed E-state index contributed by atoms with van der Waals surface area (Å²) in [6, 6.07) is 7.49. The zero-order valence-corrected chi connectivity index (χ0v) is 17.6. The molecule has 1 saturated heterocycles. The second-order valence-electron chi connectivity index (χ2n) is 8.98. The lowest BCUT2D eigenvalue weighted by molar-refractivity contribution is 0.190. The van der Waals surface area contributed by atoms with E-state index in [2.05, 4.69) is 40.4 Å². The van der Waals surface area contributed by atoms with E-state index in [1.165, 1.54) is 79.8 Å². The molecule has 5 heteroatoms. The second-order valence-corrected chi connectivity index (χ2v) is 8.98. The van der Waals surface area contributed by atoms with Gasteiger partial charge in [-0.1, -0.05) is 6.07 Å². The van der Waals surface area contributed by atoms with Gasteiger partial charge in [-0.05, 0) is 75.3 Å². The van der Waals surface area contributed by atoms with Crippen molar-refractivity contribution >= 4 is 5.69 Å². The maximum Gasteiger partial charge on any atom is 0.0607 e. The first kappa shape index (κ1) is 19.0. The number of aromatic nitrogens is 2. The van der Waals surface area contributed by atoms with Crippen molar-refractivity contribution in [2.75, 3.05) is 31.6 Å². The SMILES string of the molecule is CN(C[C@@H]1Cc2c(N3CCCCC3)ccnc2CN1)[C@H]1CCCc2cccnc21. The molecule has 2 atom stereocenters. The Labute approximate surface area is 174 Å². The lowest BCUT2D eigenvalue weighted by Crippen LogP contribution is -2.46. The molecule has 5 rings (SSSR count). The molecule has 0 amide bonds. The molecular formula is C24H33N5. The van der Waals surface area contributed by atoms with Crippen molar-refractivity contribution in [2.45, 2.75) is 63.6 Å². The van der Waals surface area contributed by atoms with Crippen LogP contribution in [0.2, 0.25) is 0 Å². The second kappa shape index (κ2) is 8.41. The Kier molecular flexibility index (Phi) is 5.51. The summed E-state index contributed by atoms with van der Waals surface area (Å²) >= 11 is 0. The summed E-state index contributed by atoms with van der Waals surface area (Å²) in [6.45, 7) is 4.32. The van der Waals surface area contributed by atoms with Gasteiger partial charge in [0.2, 0.25) is 0 Å². The Morgan fingerprint density at radius 3 is 2.90 bits per heavy atom. The van der Waals surface area contributed by atoms with Gasteiger partial charge in [-0.2, -0.15) is 0 Å². The summed E-state index contributed by atoms with van der Waals surface area (Å²) in [5, 5.41) is 3.76. The average molecular weight is 392 g/mol. The Morgan fingerprint density at radius 2 is 2.00 bits per heavy atom. The van der Waals surface area contributed by atoms with Crippen molar-refractivity contribution < 1.29 is 0 Å². The Bertz CT molecular complexity index is 845. The maximum atomic E-state index is 4.75. The van der Waals surface area contributed by atoms with E-state index in [1.54, 1.807) is 0 Å². The van der Waals surface area contributed by atoms with Crippen LogP contribution < -0.4 is 10.2 Å². The number of hydrogen-bond acceptors (Lipinski definition) is 5. The summed E-state index contributed by atoms with van der Waals surface area (Å²) in [7, 11) is 2.28. The topological polar surface area (TPSA) is 44.3 Å². The normalized spacial score (nSPS) is 24.3. The van der Waals surface area contributed by atoms with Crippen molar-refractivity contribution in [3.8, 4) is 0 Å². The average Bonchev–Trinajstić information content (AvgIpc) is 2.79. The van der Waals surface area contributed by atoms with E-state index in [9.17, 15) is 0 Å². The fraction of sp³-hybridized carbons (Fsp3) is 0.583. The van der Waals surface area contributed by atoms with Gasteiger partial charge in [-0.25, -0.2) is 0 Å². The lowest BCUT2D eigenvalue weighted by atomic mass is 9.90. The molecule has 3 aliphatic rings. The summed E-state index contributed by atoms with van der Waals surface area (Å²) in [5.74, 6) is 0. The molecule has 2 aliphatic heterocycles. The number of anilines is 1. The third kappa shape index (κ3) is 3.90. The molecule has 2 aromatic heterocycles. The minimum Gasteiger partial charge on any atom is -0.371 e. The molecule has 0 radical (unpaired) electrons. The Hall–Kier alpha value is -1.98. The number of aryl methyl sites for hydroxylation is 1. The van der Waals surface area contributed by atoms with E-state index in [0.29, 0.717) is 12.1 Å². The Balaban J connectivity index is 1.31. The number of likely N-dealkylation sites (N-methyl/N-ethyl adjacent to an activating group) is 1.